The summed E-state index contributed by atoms with van der Waals surface area (Å²) in [6.45, 7) is 2.16. The topological polar surface area (TPSA) is 86.8 Å². The molecule has 2 aromatic carbocycles. The van der Waals surface area contributed by atoms with Gasteiger partial charge in [-0.25, -0.2) is 12.7 Å². The van der Waals surface area contributed by atoms with Crippen molar-refractivity contribution in [1.82, 2.24) is 14.5 Å². The number of halogens is 1. The van der Waals surface area contributed by atoms with Crippen LogP contribution in [0.1, 0.15) is 25.3 Å². The second-order valence-corrected chi connectivity index (χ2v) is 10.1. The predicted octanol–water partition coefficient (Wildman–Crippen LogP) is 3.01. The van der Waals surface area contributed by atoms with Gasteiger partial charge in [0.15, 0.2) is 0 Å². The molecule has 1 atom stereocenters. The van der Waals surface area contributed by atoms with Gasteiger partial charge in [0.05, 0.1) is 4.90 Å². The van der Waals surface area contributed by atoms with Gasteiger partial charge in [-0.15, -0.1) is 0 Å². The third kappa shape index (κ3) is 6.88. The maximum atomic E-state index is 13.0. The Bertz CT molecular complexity index is 999. The van der Waals surface area contributed by atoms with Crippen LogP contribution >= 0.6 is 15.9 Å². The number of hydrogen-bond donors (Lipinski definition) is 1. The van der Waals surface area contributed by atoms with Crippen molar-refractivity contribution >= 4 is 37.8 Å². The van der Waals surface area contributed by atoms with E-state index in [1.165, 1.54) is 23.3 Å². The standard InChI is InChI=1S/C22H28BrN3O4S/c1-17(22(28)24-2)26(16-18-9-7-10-19(23)15-18)21(27)13-8-14-25(3)31(29,30)20-11-5-4-6-12-20/h4-7,9-12,15,17H,8,13-14,16H2,1-3H3,(H,24,28)/t17-/m1/s1. The first kappa shape index (κ1) is 25.0. The molecule has 0 unspecified atom stereocenters. The van der Waals surface area contributed by atoms with Crippen LogP contribution in [-0.2, 0) is 26.2 Å². The Morgan fingerprint density at radius 3 is 2.39 bits per heavy atom. The molecule has 168 valence electrons. The number of carbonyl (C=O) groups excluding carboxylic acids is 2. The molecule has 0 aliphatic carbocycles. The monoisotopic (exact) mass is 509 g/mol. The summed E-state index contributed by atoms with van der Waals surface area (Å²) in [5.74, 6) is -0.464. The summed E-state index contributed by atoms with van der Waals surface area (Å²) < 4.78 is 27.4. The van der Waals surface area contributed by atoms with E-state index < -0.39 is 16.1 Å². The van der Waals surface area contributed by atoms with Crippen molar-refractivity contribution in [3.05, 3.63) is 64.6 Å². The summed E-state index contributed by atoms with van der Waals surface area (Å²) >= 11 is 3.42. The number of amides is 2. The van der Waals surface area contributed by atoms with E-state index in [1.807, 2.05) is 24.3 Å². The molecule has 2 amide bonds. The highest BCUT2D eigenvalue weighted by atomic mass is 79.9. The van der Waals surface area contributed by atoms with Crippen LogP contribution in [0.25, 0.3) is 0 Å². The largest absolute Gasteiger partial charge is 0.357 e. The first-order valence-corrected chi connectivity index (χ1v) is 12.2. The summed E-state index contributed by atoms with van der Waals surface area (Å²) in [5.41, 5.74) is 0.891. The molecule has 0 aromatic heterocycles. The molecule has 2 rings (SSSR count). The summed E-state index contributed by atoms with van der Waals surface area (Å²) in [6.07, 6.45) is 0.473. The van der Waals surface area contributed by atoms with Crippen molar-refractivity contribution < 1.29 is 18.0 Å². The zero-order valence-corrected chi connectivity index (χ0v) is 20.3. The minimum atomic E-state index is -3.61. The van der Waals surface area contributed by atoms with Crippen molar-refractivity contribution in [2.75, 3.05) is 20.6 Å². The van der Waals surface area contributed by atoms with Crippen LogP contribution in [-0.4, -0.2) is 56.1 Å². The Hall–Kier alpha value is -2.23. The quantitative estimate of drug-likeness (QED) is 0.533. The third-order valence-electron chi connectivity index (χ3n) is 4.97. The normalized spacial score (nSPS) is 12.4. The van der Waals surface area contributed by atoms with Gasteiger partial charge in [-0.2, -0.15) is 0 Å². The average Bonchev–Trinajstić information content (AvgIpc) is 2.76. The summed E-state index contributed by atoms with van der Waals surface area (Å²) in [5, 5.41) is 2.58. The number of rotatable bonds is 10. The summed E-state index contributed by atoms with van der Waals surface area (Å²) in [4.78, 5) is 26.9. The van der Waals surface area contributed by atoms with Crippen LogP contribution in [0.2, 0.25) is 0 Å². The van der Waals surface area contributed by atoms with E-state index >= 15 is 0 Å². The van der Waals surface area contributed by atoms with Crippen LogP contribution in [0.15, 0.2) is 64.0 Å². The third-order valence-corrected chi connectivity index (χ3v) is 7.34. The van der Waals surface area contributed by atoms with Crippen molar-refractivity contribution in [2.45, 2.75) is 37.2 Å². The Morgan fingerprint density at radius 2 is 1.77 bits per heavy atom. The highest BCUT2D eigenvalue weighted by Crippen LogP contribution is 2.17. The maximum Gasteiger partial charge on any atom is 0.242 e. The smallest absolute Gasteiger partial charge is 0.242 e. The number of sulfonamides is 1. The zero-order chi connectivity index (χ0) is 23.0. The average molecular weight is 510 g/mol. The minimum Gasteiger partial charge on any atom is -0.357 e. The maximum absolute atomic E-state index is 13.0. The SMILES string of the molecule is CNC(=O)[C@@H](C)N(Cc1cccc(Br)c1)C(=O)CCCN(C)S(=O)(=O)c1ccccc1. The van der Waals surface area contributed by atoms with Gasteiger partial charge in [0.25, 0.3) is 0 Å². The Morgan fingerprint density at radius 1 is 1.10 bits per heavy atom. The lowest BCUT2D eigenvalue weighted by Crippen LogP contribution is -2.46. The highest BCUT2D eigenvalue weighted by molar-refractivity contribution is 9.10. The second-order valence-electron chi connectivity index (χ2n) is 7.18. The van der Waals surface area contributed by atoms with Crippen LogP contribution in [0.4, 0.5) is 0 Å². The lowest BCUT2D eigenvalue weighted by atomic mass is 10.1. The van der Waals surface area contributed by atoms with Gasteiger partial charge in [0.2, 0.25) is 21.8 Å². The van der Waals surface area contributed by atoms with Crippen molar-refractivity contribution in [1.29, 1.82) is 0 Å². The molecule has 1 N–H and O–H groups in total. The van der Waals surface area contributed by atoms with E-state index in [9.17, 15) is 18.0 Å². The molecule has 0 fully saturated rings. The van der Waals surface area contributed by atoms with Gasteiger partial charge in [0, 0.05) is 38.1 Å². The molecule has 0 radical (unpaired) electrons. The van der Waals surface area contributed by atoms with Crippen LogP contribution < -0.4 is 5.32 Å². The molecule has 0 heterocycles. The number of nitrogens with zero attached hydrogens (tertiary/aromatic N) is 2. The Balaban J connectivity index is 2.05. The van der Waals surface area contributed by atoms with Crippen LogP contribution in [0.3, 0.4) is 0 Å². The fourth-order valence-electron chi connectivity index (χ4n) is 3.11. The second kappa shape index (κ2) is 11.4. The molecule has 0 saturated carbocycles. The fraction of sp³-hybridized carbons (Fsp3) is 0.364. The summed E-state index contributed by atoms with van der Waals surface area (Å²) in [6, 6.07) is 15.1. The fourth-order valence-corrected chi connectivity index (χ4v) is 4.79. The van der Waals surface area contributed by atoms with Gasteiger partial charge in [-0.1, -0.05) is 46.3 Å². The minimum absolute atomic E-state index is 0.129. The van der Waals surface area contributed by atoms with Gasteiger partial charge < -0.3 is 10.2 Å². The Kier molecular flexibility index (Phi) is 9.21. The molecule has 0 bridgehead atoms. The van der Waals surface area contributed by atoms with E-state index in [0.29, 0.717) is 6.42 Å². The molecule has 0 aliphatic rings. The van der Waals surface area contributed by atoms with Crippen LogP contribution in [0.5, 0.6) is 0 Å². The van der Waals surface area contributed by atoms with E-state index in [0.717, 1.165) is 10.0 Å². The van der Waals surface area contributed by atoms with E-state index in [1.54, 1.807) is 37.3 Å². The van der Waals surface area contributed by atoms with Gasteiger partial charge in [0.1, 0.15) is 6.04 Å². The summed E-state index contributed by atoms with van der Waals surface area (Å²) in [7, 11) is -0.574. The predicted molar refractivity (Wildman–Crippen MR) is 124 cm³/mol. The number of nitrogens with one attached hydrogen (secondary N) is 1. The van der Waals surface area contributed by atoms with Crippen molar-refractivity contribution in [3.8, 4) is 0 Å². The molecular weight excluding hydrogens is 482 g/mol. The highest BCUT2D eigenvalue weighted by Gasteiger charge is 2.26. The van der Waals surface area contributed by atoms with Crippen molar-refractivity contribution in [2.24, 2.45) is 0 Å². The molecule has 0 aliphatic heterocycles. The lowest BCUT2D eigenvalue weighted by molar-refractivity contribution is -0.140. The zero-order valence-electron chi connectivity index (χ0n) is 17.9. The first-order valence-electron chi connectivity index (χ1n) is 9.93. The van der Waals surface area contributed by atoms with E-state index in [-0.39, 0.29) is 36.2 Å². The number of hydrogen-bond acceptors (Lipinski definition) is 4. The van der Waals surface area contributed by atoms with Crippen molar-refractivity contribution in [3.63, 3.8) is 0 Å². The van der Waals surface area contributed by atoms with Gasteiger partial charge in [-0.3, -0.25) is 9.59 Å². The van der Waals surface area contributed by atoms with E-state index in [4.69, 9.17) is 0 Å². The number of benzene rings is 2. The van der Waals surface area contributed by atoms with Crippen LogP contribution in [0, 0.1) is 0 Å². The first-order chi connectivity index (χ1) is 14.7. The lowest BCUT2D eigenvalue weighted by Gasteiger charge is -2.28. The molecule has 0 saturated heterocycles. The molecule has 7 nitrogen and oxygen atoms in total. The molecular formula is C22H28BrN3O4S. The number of carbonyl (C=O) groups is 2. The Labute approximate surface area is 192 Å². The molecule has 0 spiro atoms. The molecule has 31 heavy (non-hydrogen) atoms. The molecule has 2 aromatic rings. The van der Waals surface area contributed by atoms with Gasteiger partial charge >= 0.3 is 0 Å². The van der Waals surface area contributed by atoms with E-state index in [2.05, 4.69) is 21.2 Å². The van der Waals surface area contributed by atoms with Gasteiger partial charge in [-0.05, 0) is 43.2 Å². The molecule has 9 heteroatoms. The number of likely N-dealkylation sites (N-methyl/N-ethyl adjacent to an activating group) is 1.